The molecule has 3 nitrogen and oxygen atoms in total. The second-order valence-electron chi connectivity index (χ2n) is 6.67. The van der Waals surface area contributed by atoms with Gasteiger partial charge < -0.3 is 10.6 Å². The summed E-state index contributed by atoms with van der Waals surface area (Å²) in [6.45, 7) is 10.5. The maximum absolute atomic E-state index is 12.1. The summed E-state index contributed by atoms with van der Waals surface area (Å²) in [5.41, 5.74) is 5.12. The second-order valence-corrected chi connectivity index (χ2v) is 6.67. The molecule has 2 amide bonds. The van der Waals surface area contributed by atoms with E-state index >= 15 is 0 Å². The van der Waals surface area contributed by atoms with Gasteiger partial charge in [0.05, 0.1) is 0 Å². The van der Waals surface area contributed by atoms with E-state index in [1.54, 1.807) is 0 Å². The van der Waals surface area contributed by atoms with Crippen molar-refractivity contribution in [2.24, 2.45) is 0 Å². The molecule has 0 aliphatic heterocycles. The van der Waals surface area contributed by atoms with Crippen LogP contribution in [0.25, 0.3) is 0 Å². The van der Waals surface area contributed by atoms with Gasteiger partial charge in [-0.2, -0.15) is 0 Å². The number of para-hydroxylation sites is 1. The van der Waals surface area contributed by atoms with E-state index in [0.717, 1.165) is 22.5 Å². The Morgan fingerprint density at radius 1 is 0.864 bits per heavy atom. The van der Waals surface area contributed by atoms with Crippen LogP contribution in [-0.4, -0.2) is 6.03 Å². The van der Waals surface area contributed by atoms with Crippen molar-refractivity contribution < 1.29 is 4.79 Å². The number of carbonyl (C=O) groups excluding carboxylic acids is 1. The Bertz CT molecular complexity index is 647. The van der Waals surface area contributed by atoms with Crippen molar-refractivity contribution in [2.75, 3.05) is 10.6 Å². The largest absolute Gasteiger partial charge is 0.323 e. The fourth-order valence-electron chi connectivity index (χ4n) is 2.34. The highest BCUT2D eigenvalue weighted by Gasteiger charge is 2.13. The highest BCUT2D eigenvalue weighted by atomic mass is 16.2. The van der Waals surface area contributed by atoms with Crippen LogP contribution in [0, 0.1) is 13.8 Å². The zero-order valence-electron chi connectivity index (χ0n) is 13.9. The molecule has 2 N–H and O–H groups in total. The highest BCUT2D eigenvalue weighted by Crippen LogP contribution is 2.24. The van der Waals surface area contributed by atoms with E-state index in [9.17, 15) is 4.79 Å². The van der Waals surface area contributed by atoms with Gasteiger partial charge in [-0.3, -0.25) is 0 Å². The molecule has 0 radical (unpaired) electrons. The Balaban J connectivity index is 2.06. The van der Waals surface area contributed by atoms with E-state index < -0.39 is 0 Å². The van der Waals surface area contributed by atoms with Gasteiger partial charge in [-0.25, -0.2) is 4.79 Å². The van der Waals surface area contributed by atoms with E-state index in [1.807, 2.05) is 44.2 Å². The fourth-order valence-corrected chi connectivity index (χ4v) is 2.34. The van der Waals surface area contributed by atoms with Crippen molar-refractivity contribution in [3.05, 3.63) is 59.2 Å². The highest BCUT2D eigenvalue weighted by molar-refractivity contribution is 6.00. The molecule has 3 heteroatoms. The minimum Gasteiger partial charge on any atom is -0.308 e. The Hall–Kier alpha value is -2.29. The van der Waals surface area contributed by atoms with Crippen LogP contribution in [0.15, 0.2) is 42.5 Å². The minimum atomic E-state index is -0.221. The number of amides is 2. The SMILES string of the molecule is Cc1cccc(C)c1NC(=O)Nc1ccc(C(C)(C)C)cc1. The third-order valence-electron chi connectivity index (χ3n) is 3.73. The first kappa shape index (κ1) is 16.1. The quantitative estimate of drug-likeness (QED) is 0.781. The molecule has 22 heavy (non-hydrogen) atoms. The van der Waals surface area contributed by atoms with Crippen molar-refractivity contribution in [3.8, 4) is 0 Å². The molecular formula is C19H24N2O. The van der Waals surface area contributed by atoms with Crippen molar-refractivity contribution in [2.45, 2.75) is 40.0 Å². The summed E-state index contributed by atoms with van der Waals surface area (Å²) in [5, 5.41) is 5.80. The molecule has 0 fully saturated rings. The number of hydrogen-bond donors (Lipinski definition) is 2. The number of carbonyl (C=O) groups is 1. The molecule has 0 spiro atoms. The molecule has 116 valence electrons. The second kappa shape index (κ2) is 6.22. The summed E-state index contributed by atoms with van der Waals surface area (Å²) >= 11 is 0. The van der Waals surface area contributed by atoms with Crippen LogP contribution in [-0.2, 0) is 5.41 Å². The predicted octanol–water partition coefficient (Wildman–Crippen LogP) is 5.24. The fraction of sp³-hybridized carbons (Fsp3) is 0.316. The summed E-state index contributed by atoms with van der Waals surface area (Å²) in [7, 11) is 0. The topological polar surface area (TPSA) is 41.1 Å². The van der Waals surface area contributed by atoms with Gasteiger partial charge in [0.15, 0.2) is 0 Å². The number of anilines is 2. The maximum atomic E-state index is 12.1. The molecule has 2 aromatic carbocycles. The standard InChI is InChI=1S/C19H24N2O/c1-13-7-6-8-14(2)17(13)21-18(22)20-16-11-9-15(10-12-16)19(3,4)5/h6-12H,1-5H3,(H2,20,21,22). The molecule has 0 saturated heterocycles. The lowest BCUT2D eigenvalue weighted by Crippen LogP contribution is -2.20. The average Bonchev–Trinajstić information content (AvgIpc) is 2.43. The normalized spacial score (nSPS) is 11.1. The lowest BCUT2D eigenvalue weighted by molar-refractivity contribution is 0.262. The van der Waals surface area contributed by atoms with Gasteiger partial charge in [-0.1, -0.05) is 51.1 Å². The first-order chi connectivity index (χ1) is 10.3. The van der Waals surface area contributed by atoms with Crippen LogP contribution in [0.4, 0.5) is 16.2 Å². The molecule has 0 aliphatic carbocycles. The van der Waals surface area contributed by atoms with E-state index in [1.165, 1.54) is 5.56 Å². The third-order valence-corrected chi connectivity index (χ3v) is 3.73. The number of nitrogens with one attached hydrogen (secondary N) is 2. The first-order valence-electron chi connectivity index (χ1n) is 7.52. The van der Waals surface area contributed by atoms with Crippen LogP contribution in [0.5, 0.6) is 0 Å². The Morgan fingerprint density at radius 3 is 1.91 bits per heavy atom. The summed E-state index contributed by atoms with van der Waals surface area (Å²) in [6.07, 6.45) is 0. The molecule has 2 aromatic rings. The van der Waals surface area contributed by atoms with E-state index in [2.05, 4.69) is 43.5 Å². The van der Waals surface area contributed by atoms with Gasteiger partial charge >= 0.3 is 6.03 Å². The summed E-state index contributed by atoms with van der Waals surface area (Å²) in [6, 6.07) is 13.7. The molecule has 2 rings (SSSR count). The smallest absolute Gasteiger partial charge is 0.308 e. The number of hydrogen-bond acceptors (Lipinski definition) is 1. The van der Waals surface area contributed by atoms with Crippen LogP contribution in [0.3, 0.4) is 0 Å². The van der Waals surface area contributed by atoms with Crippen LogP contribution in [0.1, 0.15) is 37.5 Å². The van der Waals surface area contributed by atoms with E-state index in [-0.39, 0.29) is 11.4 Å². The van der Waals surface area contributed by atoms with Crippen molar-refractivity contribution in [1.29, 1.82) is 0 Å². The summed E-state index contributed by atoms with van der Waals surface area (Å²) in [5.74, 6) is 0. The lowest BCUT2D eigenvalue weighted by Gasteiger charge is -2.19. The average molecular weight is 296 g/mol. The van der Waals surface area contributed by atoms with Gasteiger partial charge in [0, 0.05) is 11.4 Å². The van der Waals surface area contributed by atoms with Crippen LogP contribution in [0.2, 0.25) is 0 Å². The van der Waals surface area contributed by atoms with Crippen molar-refractivity contribution >= 4 is 17.4 Å². The maximum Gasteiger partial charge on any atom is 0.323 e. The van der Waals surface area contributed by atoms with Gasteiger partial charge in [-0.05, 0) is 48.1 Å². The van der Waals surface area contributed by atoms with Gasteiger partial charge in [0.25, 0.3) is 0 Å². The lowest BCUT2D eigenvalue weighted by atomic mass is 9.87. The molecule has 0 aromatic heterocycles. The first-order valence-corrected chi connectivity index (χ1v) is 7.52. The van der Waals surface area contributed by atoms with Gasteiger partial charge in [0.1, 0.15) is 0 Å². The molecule has 0 atom stereocenters. The van der Waals surface area contributed by atoms with E-state index in [4.69, 9.17) is 0 Å². The zero-order valence-corrected chi connectivity index (χ0v) is 13.9. The minimum absolute atomic E-state index is 0.110. The number of benzene rings is 2. The molecule has 0 unspecified atom stereocenters. The number of aryl methyl sites for hydroxylation is 2. The zero-order chi connectivity index (χ0) is 16.3. The molecule has 0 saturated carbocycles. The van der Waals surface area contributed by atoms with Crippen molar-refractivity contribution in [1.82, 2.24) is 0 Å². The molecule has 0 bridgehead atoms. The molecule has 0 aliphatic rings. The Kier molecular flexibility index (Phi) is 4.55. The third kappa shape index (κ3) is 3.88. The predicted molar refractivity (Wildman–Crippen MR) is 93.7 cm³/mol. The summed E-state index contributed by atoms with van der Waals surface area (Å²) < 4.78 is 0. The number of rotatable bonds is 2. The van der Waals surface area contributed by atoms with Crippen LogP contribution >= 0.6 is 0 Å². The Morgan fingerprint density at radius 2 is 1.41 bits per heavy atom. The summed E-state index contributed by atoms with van der Waals surface area (Å²) in [4.78, 5) is 12.1. The van der Waals surface area contributed by atoms with Crippen LogP contribution < -0.4 is 10.6 Å². The monoisotopic (exact) mass is 296 g/mol. The molecular weight excluding hydrogens is 272 g/mol. The Labute approximate surface area is 132 Å². The van der Waals surface area contributed by atoms with E-state index in [0.29, 0.717) is 0 Å². The van der Waals surface area contributed by atoms with Gasteiger partial charge in [-0.15, -0.1) is 0 Å². The van der Waals surface area contributed by atoms with Gasteiger partial charge in [0.2, 0.25) is 0 Å². The van der Waals surface area contributed by atoms with Crippen molar-refractivity contribution in [3.63, 3.8) is 0 Å². The number of urea groups is 1. The molecule has 0 heterocycles.